The van der Waals surface area contributed by atoms with Crippen LogP contribution in [0.1, 0.15) is 45.0 Å². The zero-order chi connectivity index (χ0) is 22.5. The normalized spacial score (nSPS) is 11.2. The third kappa shape index (κ3) is 5.09. The van der Waals surface area contributed by atoms with Gasteiger partial charge in [0.1, 0.15) is 9.75 Å². The van der Waals surface area contributed by atoms with Gasteiger partial charge in [-0.25, -0.2) is 0 Å². The van der Waals surface area contributed by atoms with E-state index in [9.17, 15) is 9.59 Å². The van der Waals surface area contributed by atoms with E-state index in [-0.39, 0.29) is 11.8 Å². The Hall–Kier alpha value is -2.12. The van der Waals surface area contributed by atoms with Crippen molar-refractivity contribution in [1.29, 1.82) is 0 Å². The molecule has 0 bridgehead atoms. The van der Waals surface area contributed by atoms with E-state index in [1.807, 2.05) is 48.5 Å². The Morgan fingerprint density at radius 2 is 1.06 bits per heavy atom. The molecule has 166 valence electrons. The van der Waals surface area contributed by atoms with E-state index in [0.29, 0.717) is 32.9 Å². The molecule has 0 unspecified atom stereocenters. The fourth-order valence-corrected chi connectivity index (χ4v) is 6.35. The minimum atomic E-state index is -0.122. The number of benzene rings is 2. The van der Waals surface area contributed by atoms with Crippen LogP contribution in [-0.2, 0) is 0 Å². The third-order valence-corrected chi connectivity index (χ3v) is 8.51. The lowest BCUT2D eigenvalue weighted by Crippen LogP contribution is -2.24. The number of halogens is 2. The lowest BCUT2D eigenvalue weighted by atomic mass is 10.2. The summed E-state index contributed by atoms with van der Waals surface area (Å²) < 4.78 is 2.03. The first-order valence-corrected chi connectivity index (χ1v) is 12.9. The van der Waals surface area contributed by atoms with E-state index < -0.39 is 0 Å². The topological polar surface area (TPSA) is 58.2 Å². The van der Waals surface area contributed by atoms with Crippen molar-refractivity contribution in [3.63, 3.8) is 0 Å². The number of carbonyl (C=O) groups excluding carboxylic acids is 2. The molecule has 0 radical (unpaired) electrons. The van der Waals surface area contributed by atoms with Crippen molar-refractivity contribution in [1.82, 2.24) is 10.6 Å². The lowest BCUT2D eigenvalue weighted by Gasteiger charge is -2.06. The second kappa shape index (κ2) is 10.7. The second-order valence-corrected chi connectivity index (χ2v) is 10.3. The highest BCUT2D eigenvalue weighted by molar-refractivity contribution is 7.22. The minimum absolute atomic E-state index is 0.122. The second-order valence-electron chi connectivity index (χ2n) is 7.41. The van der Waals surface area contributed by atoms with E-state index in [1.165, 1.54) is 22.7 Å². The average molecular weight is 505 g/mol. The van der Waals surface area contributed by atoms with Crippen LogP contribution in [0.3, 0.4) is 0 Å². The molecule has 0 atom stereocenters. The van der Waals surface area contributed by atoms with E-state index in [1.54, 1.807) is 0 Å². The maximum Gasteiger partial charge on any atom is 0.262 e. The lowest BCUT2D eigenvalue weighted by molar-refractivity contribution is 0.0947. The van der Waals surface area contributed by atoms with Crippen molar-refractivity contribution in [2.24, 2.45) is 0 Å². The summed E-state index contributed by atoms with van der Waals surface area (Å²) in [5.74, 6) is -0.243. The molecule has 2 N–H and O–H groups in total. The molecule has 2 aromatic carbocycles. The van der Waals surface area contributed by atoms with Crippen molar-refractivity contribution in [2.75, 3.05) is 13.1 Å². The largest absolute Gasteiger partial charge is 0.351 e. The van der Waals surface area contributed by atoms with E-state index in [2.05, 4.69) is 10.6 Å². The van der Waals surface area contributed by atoms with Gasteiger partial charge in [-0.2, -0.15) is 0 Å². The molecule has 0 saturated carbocycles. The number of carbonyl (C=O) groups is 2. The molecule has 2 amide bonds. The summed E-state index contributed by atoms with van der Waals surface area (Å²) in [6.45, 7) is 1.21. The molecule has 8 heteroatoms. The number of rotatable bonds is 9. The van der Waals surface area contributed by atoms with E-state index in [4.69, 9.17) is 23.2 Å². The molecule has 0 saturated heterocycles. The molecular weight excluding hydrogens is 483 g/mol. The highest BCUT2D eigenvalue weighted by Gasteiger charge is 2.17. The number of thiophene rings is 2. The van der Waals surface area contributed by atoms with Crippen LogP contribution in [-0.4, -0.2) is 24.9 Å². The molecule has 2 heterocycles. The summed E-state index contributed by atoms with van der Waals surface area (Å²) in [6, 6.07) is 15.5. The predicted molar refractivity (Wildman–Crippen MR) is 137 cm³/mol. The van der Waals surface area contributed by atoms with Crippen LogP contribution < -0.4 is 10.6 Å². The number of amides is 2. The van der Waals surface area contributed by atoms with Gasteiger partial charge in [0.25, 0.3) is 11.8 Å². The first-order valence-electron chi connectivity index (χ1n) is 10.5. The Morgan fingerprint density at radius 1 is 0.656 bits per heavy atom. The van der Waals surface area contributed by atoms with Crippen LogP contribution in [0, 0.1) is 0 Å². The number of fused-ring (bicyclic) bond motifs is 2. The fraction of sp³-hybridized carbons (Fsp3) is 0.250. The molecule has 4 nitrogen and oxygen atoms in total. The third-order valence-electron chi connectivity index (χ3n) is 5.16. The van der Waals surface area contributed by atoms with Crippen LogP contribution in [0.15, 0.2) is 48.5 Å². The first kappa shape index (κ1) is 23.1. The van der Waals surface area contributed by atoms with Crippen molar-refractivity contribution in [2.45, 2.75) is 25.7 Å². The van der Waals surface area contributed by atoms with E-state index in [0.717, 1.165) is 45.9 Å². The number of hydrogen-bond donors (Lipinski definition) is 2. The number of hydrogen-bond acceptors (Lipinski definition) is 4. The van der Waals surface area contributed by atoms with E-state index >= 15 is 0 Å². The molecule has 4 rings (SSSR count). The smallest absolute Gasteiger partial charge is 0.262 e. The maximum atomic E-state index is 12.4. The predicted octanol–water partition coefficient (Wildman–Crippen LogP) is 7.14. The summed E-state index contributed by atoms with van der Waals surface area (Å²) in [4.78, 5) is 26.0. The quantitative estimate of drug-likeness (QED) is 0.238. The Balaban J connectivity index is 1.14. The maximum absolute atomic E-state index is 12.4. The minimum Gasteiger partial charge on any atom is -0.351 e. The van der Waals surface area contributed by atoms with Gasteiger partial charge < -0.3 is 10.6 Å². The van der Waals surface area contributed by atoms with Crippen LogP contribution in [0.25, 0.3) is 20.2 Å². The molecule has 0 spiro atoms. The number of nitrogens with one attached hydrogen (secondary N) is 2. The van der Waals surface area contributed by atoms with Crippen molar-refractivity contribution < 1.29 is 9.59 Å². The van der Waals surface area contributed by atoms with Crippen LogP contribution in [0.2, 0.25) is 10.0 Å². The van der Waals surface area contributed by atoms with Gasteiger partial charge in [0.15, 0.2) is 0 Å². The molecule has 0 fully saturated rings. The van der Waals surface area contributed by atoms with Gasteiger partial charge in [0.05, 0.1) is 10.0 Å². The molecular formula is C24H22Cl2N2O2S2. The van der Waals surface area contributed by atoms with Crippen molar-refractivity contribution >= 4 is 77.9 Å². The van der Waals surface area contributed by atoms with Crippen molar-refractivity contribution in [3.8, 4) is 0 Å². The van der Waals surface area contributed by atoms with Gasteiger partial charge in [-0.05, 0) is 25.0 Å². The highest BCUT2D eigenvalue weighted by Crippen LogP contribution is 2.36. The van der Waals surface area contributed by atoms with Gasteiger partial charge in [0, 0.05) is 33.3 Å². The molecule has 2 aromatic heterocycles. The summed E-state index contributed by atoms with van der Waals surface area (Å²) in [6.07, 6.45) is 3.70. The van der Waals surface area contributed by atoms with Gasteiger partial charge >= 0.3 is 0 Å². The number of unbranched alkanes of at least 4 members (excludes halogenated alkanes) is 3. The Morgan fingerprint density at radius 3 is 1.47 bits per heavy atom. The fourth-order valence-electron chi connectivity index (χ4n) is 3.49. The van der Waals surface area contributed by atoms with Crippen LogP contribution in [0.4, 0.5) is 0 Å². The zero-order valence-electron chi connectivity index (χ0n) is 17.3. The average Bonchev–Trinajstić information content (AvgIpc) is 3.33. The summed E-state index contributed by atoms with van der Waals surface area (Å²) in [5, 5.41) is 8.80. The molecule has 0 aliphatic carbocycles. The summed E-state index contributed by atoms with van der Waals surface area (Å²) in [7, 11) is 0. The Bertz CT molecular complexity index is 1170. The van der Waals surface area contributed by atoms with Gasteiger partial charge in [-0.1, -0.05) is 72.4 Å². The first-order chi connectivity index (χ1) is 15.6. The monoisotopic (exact) mass is 504 g/mol. The Labute approximate surface area is 204 Å². The Kier molecular flexibility index (Phi) is 7.68. The van der Waals surface area contributed by atoms with Gasteiger partial charge in [0.2, 0.25) is 0 Å². The zero-order valence-corrected chi connectivity index (χ0v) is 20.4. The summed E-state index contributed by atoms with van der Waals surface area (Å²) >= 11 is 15.6. The SMILES string of the molecule is O=C(NCCCCCCNC(=O)c1sc2ccccc2c1Cl)c1sc2ccccc2c1Cl. The highest BCUT2D eigenvalue weighted by atomic mass is 35.5. The molecule has 32 heavy (non-hydrogen) atoms. The summed E-state index contributed by atoms with van der Waals surface area (Å²) in [5.41, 5.74) is 0. The van der Waals surface area contributed by atoms with Crippen molar-refractivity contribution in [3.05, 3.63) is 68.3 Å². The van der Waals surface area contributed by atoms with Gasteiger partial charge in [-0.15, -0.1) is 22.7 Å². The molecule has 0 aliphatic rings. The molecule has 4 aromatic rings. The van der Waals surface area contributed by atoms with Gasteiger partial charge in [-0.3, -0.25) is 9.59 Å². The standard InChI is InChI=1S/C24H22Cl2N2O2S2/c25-19-15-9-3-5-11-17(15)31-21(19)23(29)27-13-7-1-2-8-14-28-24(30)22-20(26)16-10-4-6-12-18(16)32-22/h3-6,9-12H,1-2,7-8,13-14H2,(H,27,29)(H,28,30). The van der Waals surface area contributed by atoms with Crippen LogP contribution in [0.5, 0.6) is 0 Å². The van der Waals surface area contributed by atoms with Crippen LogP contribution >= 0.6 is 45.9 Å². The molecule has 0 aliphatic heterocycles.